The number of nitrogens with one attached hydrogen (secondary N) is 1. The Bertz CT molecular complexity index is 2810. The van der Waals surface area contributed by atoms with Crippen LogP contribution in [0.2, 0.25) is 5.02 Å². The second kappa shape index (κ2) is 15.4. The highest BCUT2D eigenvalue weighted by atomic mass is 35.5. The first-order valence-electron chi connectivity index (χ1n) is 23.2. The van der Waals surface area contributed by atoms with Gasteiger partial charge >= 0.3 is 0 Å². The molecule has 0 saturated carbocycles. The molecule has 306 valence electrons. The summed E-state index contributed by atoms with van der Waals surface area (Å²) in [5, 5.41) is 12.3. The van der Waals surface area contributed by atoms with Gasteiger partial charge in [-0.2, -0.15) is 0 Å². The van der Waals surface area contributed by atoms with Crippen LogP contribution in [0.15, 0.2) is 41.4 Å². The van der Waals surface area contributed by atoms with Crippen LogP contribution < -0.4 is 10.2 Å². The van der Waals surface area contributed by atoms with Crippen LogP contribution in [0, 0.1) is 32.5 Å². The molecule has 1 N–H and O–H groups in total. The number of benzene rings is 2. The Morgan fingerprint density at radius 2 is 1.68 bits per heavy atom. The zero-order valence-corrected chi connectivity index (χ0v) is 33.7. The molecule has 0 bridgehead atoms. The normalized spacial score (nSPS) is 26.7. The molecule has 14 nitrogen and oxygen atoms in total. The van der Waals surface area contributed by atoms with Gasteiger partial charge in [0, 0.05) is 78.6 Å². The largest absolute Gasteiger partial charge is 0.367 e. The number of nitrogens with zero attached hydrogens (tertiary/aromatic N) is 8. The molecule has 5 aliphatic heterocycles. The highest BCUT2D eigenvalue weighted by Gasteiger charge is 2.47. The number of hydrogen-bond donors (Lipinski definition) is 1. The predicted molar refractivity (Wildman–Crippen MR) is 219 cm³/mol. The van der Waals surface area contributed by atoms with Gasteiger partial charge in [-0.15, -0.1) is 21.5 Å². The Morgan fingerprint density at radius 1 is 0.949 bits per heavy atom. The first kappa shape index (κ1) is 30.7. The lowest BCUT2D eigenvalue weighted by Gasteiger charge is -2.39. The average Bonchev–Trinajstić information content (AvgIpc) is 3.84. The summed E-state index contributed by atoms with van der Waals surface area (Å²) in [6, 6.07) is 6.76. The number of hydrogen-bond acceptors (Lipinski definition) is 11. The van der Waals surface area contributed by atoms with Crippen molar-refractivity contribution in [1.29, 1.82) is 0 Å². The number of aryl methyl sites for hydroxylation is 2. The van der Waals surface area contributed by atoms with Gasteiger partial charge in [0.25, 0.3) is 11.8 Å². The van der Waals surface area contributed by atoms with Crippen LogP contribution in [-0.4, -0.2) is 116 Å². The van der Waals surface area contributed by atoms with Crippen molar-refractivity contribution in [3.05, 3.63) is 91.6 Å². The van der Waals surface area contributed by atoms with E-state index in [4.69, 9.17) is 27.6 Å². The lowest BCUT2D eigenvalue weighted by Crippen LogP contribution is -2.54. The zero-order chi connectivity index (χ0) is 48.4. The lowest BCUT2D eigenvalue weighted by atomic mass is 9.95. The number of likely N-dealkylation sites (tertiary alicyclic amines) is 1. The smallest absolute Gasteiger partial charge is 0.265 e. The van der Waals surface area contributed by atoms with Crippen molar-refractivity contribution in [2.24, 2.45) is 10.9 Å². The standard InChI is InChI=1S/C42H43ClFN9O5S/c1-22-23(2)59-42-34(22)37(26-4-6-27(43)7-5-26)45-29(38-48-47-24(3)52(38)42)20-33(55)51-14-12-25(13-15-51)21-49-16-18-50(19-17-49)30-9-8-28-35(36(30)44)41(58)53(40(28)57)31-10-11-32(54)46-39(31)56/h4-9,25,29,31H,10-21H2,1-3H3,(H,46,54,56)/t29-,31?/m0/s1/i16D2,17D2,18D2,19D2. The van der Waals surface area contributed by atoms with Gasteiger partial charge in [-0.1, -0.05) is 23.7 Å². The molecule has 2 aromatic carbocycles. The van der Waals surface area contributed by atoms with Gasteiger partial charge < -0.3 is 9.80 Å². The predicted octanol–water partition coefficient (Wildman–Crippen LogP) is 4.79. The summed E-state index contributed by atoms with van der Waals surface area (Å²) in [4.78, 5) is 74.2. The van der Waals surface area contributed by atoms with E-state index in [-0.39, 0.29) is 56.0 Å². The molecule has 2 atom stereocenters. The third kappa shape index (κ3) is 6.94. The Labute approximate surface area is 360 Å². The van der Waals surface area contributed by atoms with Gasteiger partial charge in [0.2, 0.25) is 17.7 Å². The van der Waals surface area contributed by atoms with Crippen molar-refractivity contribution in [2.45, 2.75) is 65.0 Å². The summed E-state index contributed by atoms with van der Waals surface area (Å²) in [6.45, 7) is -8.04. The zero-order valence-electron chi connectivity index (χ0n) is 40.1. The van der Waals surface area contributed by atoms with Crippen molar-refractivity contribution in [3.63, 3.8) is 0 Å². The summed E-state index contributed by atoms with van der Waals surface area (Å²) in [7, 11) is 0. The minimum Gasteiger partial charge on any atom is -0.367 e. The van der Waals surface area contributed by atoms with E-state index in [0.29, 0.717) is 32.2 Å². The van der Waals surface area contributed by atoms with Crippen molar-refractivity contribution in [1.82, 2.24) is 34.8 Å². The van der Waals surface area contributed by atoms with E-state index < -0.39 is 96.8 Å². The van der Waals surface area contributed by atoms with Gasteiger partial charge in [0.05, 0.1) is 34.4 Å². The highest BCUT2D eigenvalue weighted by molar-refractivity contribution is 7.15. The van der Waals surface area contributed by atoms with E-state index >= 15 is 4.39 Å². The molecule has 5 aliphatic rings. The summed E-state index contributed by atoms with van der Waals surface area (Å²) in [5.41, 5.74) is 0.915. The highest BCUT2D eigenvalue weighted by Crippen LogP contribution is 2.40. The summed E-state index contributed by atoms with van der Waals surface area (Å²) in [5.74, 6) is -5.30. The maximum Gasteiger partial charge on any atom is 0.265 e. The number of carbonyl (C=O) groups excluding carboxylic acids is 5. The quantitative estimate of drug-likeness (QED) is 0.259. The molecule has 17 heteroatoms. The molecule has 2 aromatic heterocycles. The third-order valence-electron chi connectivity index (χ3n) is 11.5. The molecule has 0 aliphatic carbocycles. The first-order chi connectivity index (χ1) is 31.4. The van der Waals surface area contributed by atoms with Crippen LogP contribution in [0.5, 0.6) is 0 Å². The molecule has 3 fully saturated rings. The SMILES string of the molecule is [2H]C1([2H])N(CC2CCN(C(=O)C[C@@H]3N=C(c4ccc(Cl)cc4)c4c(sc(C)c4C)-n4c(C)nnc43)CC2)C([2H])([2H])C([2H])([2H])N(c2ccc3c(c2F)C(=O)N(C2CCC(=O)NC2=O)C3=O)C1([2H])[2H]. The average molecular weight is 848 g/mol. The maximum absolute atomic E-state index is 16.6. The Kier molecular flexibility index (Phi) is 7.99. The lowest BCUT2D eigenvalue weighted by molar-refractivity contribution is -0.136. The Morgan fingerprint density at radius 3 is 2.39 bits per heavy atom. The number of amides is 5. The number of rotatable bonds is 7. The molecule has 1 unspecified atom stereocenters. The molecular formula is C42H43ClFN9O5S. The second-order valence-corrected chi connectivity index (χ2v) is 16.7. The number of aromatic nitrogens is 3. The minimum absolute atomic E-state index is 0.0158. The number of piperidine rings is 2. The fraction of sp³-hybridized carbons (Fsp3) is 0.429. The van der Waals surface area contributed by atoms with Gasteiger partial charge in [-0.3, -0.25) is 48.6 Å². The van der Waals surface area contributed by atoms with Crippen LogP contribution >= 0.6 is 22.9 Å². The number of aliphatic imine (C=N–C) groups is 1. The summed E-state index contributed by atoms with van der Waals surface area (Å²) >= 11 is 7.83. The molecule has 0 spiro atoms. The third-order valence-corrected chi connectivity index (χ3v) is 12.9. The molecule has 5 amide bonds. The van der Waals surface area contributed by atoms with Crippen molar-refractivity contribution in [3.8, 4) is 5.00 Å². The van der Waals surface area contributed by atoms with Gasteiger partial charge in [-0.05, 0) is 75.8 Å². The van der Waals surface area contributed by atoms with Crippen LogP contribution in [0.25, 0.3) is 5.00 Å². The van der Waals surface area contributed by atoms with E-state index in [1.54, 1.807) is 28.4 Å². The van der Waals surface area contributed by atoms with Crippen molar-refractivity contribution < 1.29 is 39.3 Å². The van der Waals surface area contributed by atoms with E-state index in [9.17, 15) is 24.0 Å². The topological polar surface area (TPSA) is 153 Å². The fourth-order valence-electron chi connectivity index (χ4n) is 8.22. The maximum atomic E-state index is 16.6. The number of piperazine rings is 1. The first-order valence-corrected chi connectivity index (χ1v) is 20.4. The second-order valence-electron chi connectivity index (χ2n) is 15.1. The molecule has 59 heavy (non-hydrogen) atoms. The van der Waals surface area contributed by atoms with Crippen molar-refractivity contribution >= 4 is 63.9 Å². The summed E-state index contributed by atoms with van der Waals surface area (Å²) < 4.78 is 90.8. The number of halogens is 2. The van der Waals surface area contributed by atoms with Crippen molar-refractivity contribution in [2.75, 3.05) is 50.5 Å². The molecular weight excluding hydrogens is 797 g/mol. The number of anilines is 1. The molecule has 3 saturated heterocycles. The minimum atomic E-state index is -3.52. The van der Waals surface area contributed by atoms with E-state index in [1.807, 2.05) is 42.8 Å². The monoisotopic (exact) mass is 847 g/mol. The summed E-state index contributed by atoms with van der Waals surface area (Å²) in [6.07, 6.45) is -0.0869. The molecule has 4 aromatic rings. The number of imide groups is 2. The molecule has 0 radical (unpaired) electrons. The Hall–Kier alpha value is -5.32. The van der Waals surface area contributed by atoms with Gasteiger partial charge in [0.1, 0.15) is 22.9 Å². The number of thiophene rings is 1. The van der Waals surface area contributed by atoms with Crippen LogP contribution in [0.3, 0.4) is 0 Å². The van der Waals surface area contributed by atoms with Crippen LogP contribution in [-0.2, 0) is 14.4 Å². The van der Waals surface area contributed by atoms with Crippen LogP contribution in [0.4, 0.5) is 10.1 Å². The van der Waals surface area contributed by atoms with E-state index in [2.05, 4.69) is 10.2 Å². The number of carbonyl (C=O) groups is 5. The molecule has 9 rings (SSSR count). The van der Waals surface area contributed by atoms with E-state index in [1.165, 1.54) is 0 Å². The number of fused-ring (bicyclic) bond motifs is 4. The van der Waals surface area contributed by atoms with Crippen LogP contribution in [0.1, 0.15) is 103 Å². The molecule has 7 heterocycles. The van der Waals surface area contributed by atoms with E-state index in [0.717, 1.165) is 38.7 Å². The fourth-order valence-corrected chi connectivity index (χ4v) is 9.56. The van der Waals surface area contributed by atoms with Gasteiger partial charge in [0.15, 0.2) is 11.6 Å². The van der Waals surface area contributed by atoms with Gasteiger partial charge in [-0.25, -0.2) is 4.39 Å². The Balaban J connectivity index is 0.936.